The molecule has 20 heavy (non-hydrogen) atoms. The van der Waals surface area contributed by atoms with Gasteiger partial charge >= 0.3 is 12.0 Å². The van der Waals surface area contributed by atoms with Gasteiger partial charge in [-0.3, -0.25) is 0 Å². The molecule has 1 heterocycles. The van der Waals surface area contributed by atoms with E-state index in [0.29, 0.717) is 6.54 Å². The summed E-state index contributed by atoms with van der Waals surface area (Å²) in [5, 5.41) is 11.9. The number of amides is 2. The highest BCUT2D eigenvalue weighted by Crippen LogP contribution is 2.20. The highest BCUT2D eigenvalue weighted by atomic mass is 16.4. The van der Waals surface area contributed by atoms with Crippen molar-refractivity contribution in [2.24, 2.45) is 5.41 Å². The molecule has 1 rings (SSSR count). The Morgan fingerprint density at radius 2 is 1.90 bits per heavy atom. The van der Waals surface area contributed by atoms with Crippen molar-refractivity contribution < 1.29 is 14.7 Å². The average Bonchev–Trinajstić information content (AvgIpc) is 2.44. The second-order valence-electron chi connectivity index (χ2n) is 6.74. The van der Waals surface area contributed by atoms with Gasteiger partial charge in [-0.2, -0.15) is 0 Å². The van der Waals surface area contributed by atoms with Gasteiger partial charge in [-0.05, 0) is 32.4 Å². The molecule has 0 aromatic heterocycles. The van der Waals surface area contributed by atoms with Gasteiger partial charge < -0.3 is 20.2 Å². The summed E-state index contributed by atoms with van der Waals surface area (Å²) in [6.07, 6.45) is 0.904. The lowest BCUT2D eigenvalue weighted by atomic mass is 9.87. The van der Waals surface area contributed by atoms with Crippen LogP contribution in [0.15, 0.2) is 0 Å². The number of carboxylic acids is 1. The molecule has 0 radical (unpaired) electrons. The van der Waals surface area contributed by atoms with Gasteiger partial charge in [0.15, 0.2) is 0 Å². The zero-order valence-corrected chi connectivity index (χ0v) is 13.1. The van der Waals surface area contributed by atoms with Crippen LogP contribution in [0.2, 0.25) is 0 Å². The Labute approximate surface area is 121 Å². The monoisotopic (exact) mass is 285 g/mol. The lowest BCUT2D eigenvalue weighted by Gasteiger charge is -2.33. The SMILES string of the molecule is CC1CN(C)CCCN1C(=O)N[C@H](C(=O)O)C(C)(C)C. The number of aliphatic carboxylic acids is 1. The van der Waals surface area contributed by atoms with Crippen molar-refractivity contribution in [1.82, 2.24) is 15.1 Å². The van der Waals surface area contributed by atoms with Gasteiger partial charge in [0.2, 0.25) is 0 Å². The summed E-state index contributed by atoms with van der Waals surface area (Å²) in [5.74, 6) is -0.995. The number of urea groups is 1. The molecule has 2 N–H and O–H groups in total. The summed E-state index contributed by atoms with van der Waals surface area (Å²) in [6.45, 7) is 9.85. The quantitative estimate of drug-likeness (QED) is 0.800. The Bertz CT molecular complexity index is 365. The van der Waals surface area contributed by atoms with Gasteiger partial charge in [0.05, 0.1) is 0 Å². The Morgan fingerprint density at radius 1 is 1.30 bits per heavy atom. The van der Waals surface area contributed by atoms with Crippen LogP contribution in [0.5, 0.6) is 0 Å². The van der Waals surface area contributed by atoms with E-state index in [0.717, 1.165) is 19.5 Å². The fraction of sp³-hybridized carbons (Fsp3) is 0.857. The number of likely N-dealkylation sites (N-methyl/N-ethyl adjacent to an activating group) is 1. The molecule has 1 unspecified atom stereocenters. The van der Waals surface area contributed by atoms with Crippen molar-refractivity contribution >= 4 is 12.0 Å². The standard InChI is InChI=1S/C14H27N3O3/c1-10-9-16(5)7-6-8-17(10)13(20)15-11(12(18)19)14(2,3)4/h10-11H,6-9H2,1-5H3,(H,15,20)(H,18,19)/t10?,11-/m1/s1. The van der Waals surface area contributed by atoms with Crippen LogP contribution in [0.1, 0.15) is 34.1 Å². The maximum atomic E-state index is 12.4. The van der Waals surface area contributed by atoms with Gasteiger partial charge in [0, 0.05) is 19.1 Å². The molecule has 6 nitrogen and oxygen atoms in total. The number of carboxylic acid groups (broad SMARTS) is 1. The maximum absolute atomic E-state index is 12.4. The minimum absolute atomic E-state index is 0.0805. The molecule has 6 heteroatoms. The van der Waals surface area contributed by atoms with Crippen LogP contribution in [-0.4, -0.2) is 65.7 Å². The maximum Gasteiger partial charge on any atom is 0.326 e. The predicted octanol–water partition coefficient (Wildman–Crippen LogP) is 1.22. The molecule has 1 fully saturated rings. The summed E-state index contributed by atoms with van der Waals surface area (Å²) >= 11 is 0. The van der Waals surface area contributed by atoms with E-state index in [4.69, 9.17) is 0 Å². The molecule has 0 saturated carbocycles. The minimum atomic E-state index is -0.995. The van der Waals surface area contributed by atoms with Crippen molar-refractivity contribution in [3.8, 4) is 0 Å². The van der Waals surface area contributed by atoms with Crippen LogP contribution in [-0.2, 0) is 4.79 Å². The molecule has 1 aliphatic rings. The van der Waals surface area contributed by atoms with Crippen LogP contribution in [0, 0.1) is 5.41 Å². The van der Waals surface area contributed by atoms with E-state index in [1.807, 2.05) is 34.7 Å². The van der Waals surface area contributed by atoms with E-state index in [9.17, 15) is 14.7 Å². The summed E-state index contributed by atoms with van der Waals surface area (Å²) in [7, 11) is 2.03. The largest absolute Gasteiger partial charge is 0.480 e. The van der Waals surface area contributed by atoms with Gasteiger partial charge in [-0.1, -0.05) is 20.8 Å². The number of hydrogen-bond donors (Lipinski definition) is 2. The zero-order chi connectivity index (χ0) is 15.5. The van der Waals surface area contributed by atoms with E-state index >= 15 is 0 Å². The number of hydrogen-bond acceptors (Lipinski definition) is 3. The third-order valence-corrected chi connectivity index (χ3v) is 3.69. The van der Waals surface area contributed by atoms with Crippen LogP contribution in [0.4, 0.5) is 4.79 Å². The summed E-state index contributed by atoms with van der Waals surface area (Å²) in [6, 6.07) is -1.09. The van der Waals surface area contributed by atoms with Crippen LogP contribution < -0.4 is 5.32 Å². The number of nitrogens with one attached hydrogen (secondary N) is 1. The highest BCUT2D eigenvalue weighted by molar-refractivity contribution is 5.83. The molecule has 2 amide bonds. The molecule has 1 saturated heterocycles. The number of nitrogens with zero attached hydrogens (tertiary/aromatic N) is 2. The summed E-state index contributed by atoms with van der Waals surface area (Å²) in [4.78, 5) is 27.6. The van der Waals surface area contributed by atoms with E-state index < -0.39 is 17.4 Å². The topological polar surface area (TPSA) is 72.9 Å². The highest BCUT2D eigenvalue weighted by Gasteiger charge is 2.35. The average molecular weight is 285 g/mol. The first-order valence-electron chi connectivity index (χ1n) is 7.11. The molecule has 0 aliphatic carbocycles. The fourth-order valence-electron chi connectivity index (χ4n) is 2.53. The Balaban J connectivity index is 2.75. The fourth-order valence-corrected chi connectivity index (χ4v) is 2.53. The van der Waals surface area contributed by atoms with Gasteiger partial charge in [-0.25, -0.2) is 9.59 Å². The van der Waals surface area contributed by atoms with Crippen LogP contribution >= 0.6 is 0 Å². The van der Waals surface area contributed by atoms with E-state index in [1.165, 1.54) is 0 Å². The van der Waals surface area contributed by atoms with Crippen molar-refractivity contribution in [1.29, 1.82) is 0 Å². The number of rotatable bonds is 2. The Morgan fingerprint density at radius 3 is 2.40 bits per heavy atom. The van der Waals surface area contributed by atoms with Crippen molar-refractivity contribution in [3.05, 3.63) is 0 Å². The lowest BCUT2D eigenvalue weighted by Crippen LogP contribution is -2.55. The minimum Gasteiger partial charge on any atom is -0.480 e. The Hall–Kier alpha value is -1.30. The van der Waals surface area contributed by atoms with Gasteiger partial charge in [0.1, 0.15) is 6.04 Å². The van der Waals surface area contributed by atoms with E-state index in [-0.39, 0.29) is 12.1 Å². The molecule has 2 atom stereocenters. The first kappa shape index (κ1) is 16.8. The Kier molecular flexibility index (Phi) is 5.39. The predicted molar refractivity (Wildman–Crippen MR) is 77.7 cm³/mol. The molecule has 1 aliphatic heterocycles. The first-order valence-corrected chi connectivity index (χ1v) is 7.11. The van der Waals surface area contributed by atoms with Gasteiger partial charge in [0.25, 0.3) is 0 Å². The normalized spacial score (nSPS) is 23.1. The summed E-state index contributed by atoms with van der Waals surface area (Å²) < 4.78 is 0. The second-order valence-corrected chi connectivity index (χ2v) is 6.74. The van der Waals surface area contributed by atoms with Crippen LogP contribution in [0.3, 0.4) is 0 Å². The second kappa shape index (κ2) is 6.43. The lowest BCUT2D eigenvalue weighted by molar-refractivity contribution is -0.142. The van der Waals surface area contributed by atoms with Crippen molar-refractivity contribution in [3.63, 3.8) is 0 Å². The summed E-state index contributed by atoms with van der Waals surface area (Å²) in [5.41, 5.74) is -0.520. The smallest absolute Gasteiger partial charge is 0.326 e. The molecule has 0 bridgehead atoms. The van der Waals surface area contributed by atoms with Gasteiger partial charge in [-0.15, -0.1) is 0 Å². The third kappa shape index (κ3) is 4.37. The first-order chi connectivity index (χ1) is 9.12. The molecule has 0 aromatic rings. The molecular formula is C14H27N3O3. The van der Waals surface area contributed by atoms with Crippen molar-refractivity contribution in [2.75, 3.05) is 26.7 Å². The zero-order valence-electron chi connectivity index (χ0n) is 13.1. The number of carbonyl (C=O) groups is 2. The molecular weight excluding hydrogens is 258 g/mol. The molecule has 116 valence electrons. The number of carbonyl (C=O) groups excluding carboxylic acids is 1. The molecule has 0 aromatic carbocycles. The molecule has 0 spiro atoms. The van der Waals surface area contributed by atoms with Crippen molar-refractivity contribution in [2.45, 2.75) is 46.2 Å². The third-order valence-electron chi connectivity index (χ3n) is 3.69. The van der Waals surface area contributed by atoms with Crippen LogP contribution in [0.25, 0.3) is 0 Å². The van der Waals surface area contributed by atoms with E-state index in [1.54, 1.807) is 4.90 Å². The van der Waals surface area contributed by atoms with E-state index in [2.05, 4.69) is 10.2 Å².